The number of hydrogen-bond acceptors (Lipinski definition) is 6. The van der Waals surface area contributed by atoms with Crippen molar-refractivity contribution in [2.45, 2.75) is 46.5 Å². The molecule has 1 saturated heterocycles. The first-order chi connectivity index (χ1) is 11.4. The zero-order valence-electron chi connectivity index (χ0n) is 14.4. The van der Waals surface area contributed by atoms with Gasteiger partial charge in [-0.25, -0.2) is 4.98 Å². The van der Waals surface area contributed by atoms with E-state index in [1.807, 2.05) is 4.90 Å². The van der Waals surface area contributed by atoms with Crippen LogP contribution in [-0.4, -0.2) is 49.2 Å². The van der Waals surface area contributed by atoms with Gasteiger partial charge in [-0.2, -0.15) is 10.1 Å². The van der Waals surface area contributed by atoms with Crippen LogP contribution in [0.15, 0.2) is 10.9 Å². The number of nitrogens with one attached hydrogen (secondary N) is 1. The van der Waals surface area contributed by atoms with Gasteiger partial charge >= 0.3 is 0 Å². The molecule has 0 saturated carbocycles. The van der Waals surface area contributed by atoms with Gasteiger partial charge in [-0.05, 0) is 24.2 Å². The highest BCUT2D eigenvalue weighted by atomic mass is 16.5. The van der Waals surface area contributed by atoms with Gasteiger partial charge in [0.1, 0.15) is 6.33 Å². The molecule has 3 rings (SSSR count). The smallest absolute Gasteiger partial charge is 0.239 e. The van der Waals surface area contributed by atoms with E-state index in [1.165, 1.54) is 6.33 Å². The number of piperidine rings is 1. The number of amides is 1. The lowest BCUT2D eigenvalue weighted by Gasteiger charge is -2.38. The van der Waals surface area contributed by atoms with E-state index in [0.29, 0.717) is 41.7 Å². The Bertz CT molecular complexity index is 665. The van der Waals surface area contributed by atoms with Crippen LogP contribution in [-0.2, 0) is 11.2 Å². The zero-order valence-corrected chi connectivity index (χ0v) is 14.4. The summed E-state index contributed by atoms with van der Waals surface area (Å²) < 4.78 is 5.17. The van der Waals surface area contributed by atoms with Crippen LogP contribution in [0.5, 0.6) is 0 Å². The van der Waals surface area contributed by atoms with Gasteiger partial charge in [0.15, 0.2) is 5.82 Å². The molecule has 24 heavy (non-hydrogen) atoms. The normalized spacial score (nSPS) is 16.5. The van der Waals surface area contributed by atoms with E-state index < -0.39 is 0 Å². The minimum Gasteiger partial charge on any atom is -0.343 e. The highest BCUT2D eigenvalue weighted by Crippen LogP contribution is 2.34. The maximum absolute atomic E-state index is 12.4. The fourth-order valence-electron chi connectivity index (χ4n) is 3.13. The van der Waals surface area contributed by atoms with E-state index in [9.17, 15) is 4.79 Å². The third-order valence-electron chi connectivity index (χ3n) is 4.72. The molecule has 1 aliphatic heterocycles. The van der Waals surface area contributed by atoms with Crippen molar-refractivity contribution < 1.29 is 9.32 Å². The molecule has 1 aliphatic rings. The largest absolute Gasteiger partial charge is 0.343 e. The van der Waals surface area contributed by atoms with Gasteiger partial charge in [-0.1, -0.05) is 25.9 Å². The molecular formula is C16H24N6O2. The lowest BCUT2D eigenvalue weighted by Crippen LogP contribution is -2.41. The quantitative estimate of drug-likeness (QED) is 0.920. The number of hydrogen-bond donors (Lipinski definition) is 1. The molecule has 1 fully saturated rings. The number of aromatic nitrogens is 5. The number of likely N-dealkylation sites (tertiary alicyclic amines) is 1. The molecule has 0 aromatic carbocycles. The topological polar surface area (TPSA) is 101 Å². The van der Waals surface area contributed by atoms with Crippen molar-refractivity contribution in [3.05, 3.63) is 12.2 Å². The van der Waals surface area contributed by atoms with Crippen LogP contribution in [0.1, 0.15) is 45.9 Å². The summed E-state index contributed by atoms with van der Waals surface area (Å²) in [6.45, 7) is 8.51. The van der Waals surface area contributed by atoms with Crippen LogP contribution in [0.3, 0.4) is 0 Å². The van der Waals surface area contributed by atoms with Crippen LogP contribution in [0.2, 0.25) is 0 Å². The molecule has 1 N–H and O–H groups in total. The molecule has 130 valence electrons. The van der Waals surface area contributed by atoms with Crippen molar-refractivity contribution >= 4 is 5.91 Å². The Balaban J connectivity index is 1.48. The summed E-state index contributed by atoms with van der Waals surface area (Å²) in [5.41, 5.74) is 0.315. The van der Waals surface area contributed by atoms with Crippen LogP contribution in [0, 0.1) is 11.3 Å². The summed E-state index contributed by atoms with van der Waals surface area (Å²) in [7, 11) is 0. The first-order valence-electron chi connectivity index (χ1n) is 8.39. The Morgan fingerprint density at radius 2 is 2.12 bits per heavy atom. The number of aryl methyl sites for hydroxylation is 1. The Morgan fingerprint density at radius 3 is 2.75 bits per heavy atom. The summed E-state index contributed by atoms with van der Waals surface area (Å²) in [5, 5.41) is 10.3. The number of nitrogens with zero attached hydrogens (tertiary/aromatic N) is 5. The lowest BCUT2D eigenvalue weighted by atomic mass is 9.75. The van der Waals surface area contributed by atoms with Gasteiger partial charge in [-0.15, -0.1) is 0 Å². The Hall–Kier alpha value is -2.25. The molecule has 0 spiro atoms. The van der Waals surface area contributed by atoms with E-state index in [0.717, 1.165) is 25.9 Å². The Labute approximate surface area is 141 Å². The number of carbonyl (C=O) groups is 1. The van der Waals surface area contributed by atoms with Gasteiger partial charge in [0.25, 0.3) is 0 Å². The SMILES string of the molecule is CC(C)(C)C1CCN(C(=O)CCc2nc(-c3ncn[nH]3)no2)CC1. The number of H-pyrrole nitrogens is 1. The lowest BCUT2D eigenvalue weighted by molar-refractivity contribution is -0.133. The molecule has 2 aromatic rings. The number of aromatic amines is 1. The second kappa shape index (κ2) is 6.70. The van der Waals surface area contributed by atoms with Crippen LogP contribution in [0.25, 0.3) is 11.6 Å². The summed E-state index contributed by atoms with van der Waals surface area (Å²) in [4.78, 5) is 22.5. The zero-order chi connectivity index (χ0) is 17.2. The highest BCUT2D eigenvalue weighted by Gasteiger charge is 2.30. The average molecular weight is 332 g/mol. The van der Waals surface area contributed by atoms with Gasteiger partial charge in [0, 0.05) is 25.9 Å². The van der Waals surface area contributed by atoms with Crippen LogP contribution < -0.4 is 0 Å². The molecule has 8 nitrogen and oxygen atoms in total. The third kappa shape index (κ3) is 3.80. The fourth-order valence-corrected chi connectivity index (χ4v) is 3.13. The van der Waals surface area contributed by atoms with E-state index in [1.54, 1.807) is 0 Å². The second-order valence-electron chi connectivity index (χ2n) is 7.37. The molecular weight excluding hydrogens is 308 g/mol. The first kappa shape index (κ1) is 16.6. The summed E-state index contributed by atoms with van der Waals surface area (Å²) in [6, 6.07) is 0. The van der Waals surface area contributed by atoms with Crippen molar-refractivity contribution in [3.8, 4) is 11.6 Å². The minimum atomic E-state index is 0.154. The fraction of sp³-hybridized carbons (Fsp3) is 0.688. The van der Waals surface area contributed by atoms with Crippen molar-refractivity contribution in [1.82, 2.24) is 30.2 Å². The molecule has 0 unspecified atom stereocenters. The summed E-state index contributed by atoms with van der Waals surface area (Å²) in [5.74, 6) is 2.10. The average Bonchev–Trinajstić information content (AvgIpc) is 3.23. The van der Waals surface area contributed by atoms with E-state index in [4.69, 9.17) is 4.52 Å². The maximum Gasteiger partial charge on any atom is 0.239 e. The van der Waals surface area contributed by atoms with Crippen LogP contribution in [0.4, 0.5) is 0 Å². The molecule has 0 bridgehead atoms. The minimum absolute atomic E-state index is 0.154. The predicted molar refractivity (Wildman–Crippen MR) is 86.8 cm³/mol. The van der Waals surface area contributed by atoms with E-state index in [2.05, 4.69) is 46.1 Å². The number of rotatable bonds is 4. The van der Waals surface area contributed by atoms with Gasteiger partial charge in [-0.3, -0.25) is 9.89 Å². The summed E-state index contributed by atoms with van der Waals surface area (Å²) >= 11 is 0. The molecule has 8 heteroatoms. The van der Waals surface area contributed by atoms with Crippen molar-refractivity contribution in [3.63, 3.8) is 0 Å². The second-order valence-corrected chi connectivity index (χ2v) is 7.37. The monoisotopic (exact) mass is 332 g/mol. The van der Waals surface area contributed by atoms with Crippen LogP contribution >= 0.6 is 0 Å². The van der Waals surface area contributed by atoms with Crippen molar-refractivity contribution in [1.29, 1.82) is 0 Å². The molecule has 0 radical (unpaired) electrons. The Kier molecular flexibility index (Phi) is 4.64. The van der Waals surface area contributed by atoms with Gasteiger partial charge in [0.05, 0.1) is 0 Å². The predicted octanol–water partition coefficient (Wildman–Crippen LogP) is 2.07. The van der Waals surface area contributed by atoms with Crippen molar-refractivity contribution in [2.75, 3.05) is 13.1 Å². The van der Waals surface area contributed by atoms with E-state index in [-0.39, 0.29) is 5.91 Å². The Morgan fingerprint density at radius 1 is 1.38 bits per heavy atom. The van der Waals surface area contributed by atoms with E-state index >= 15 is 0 Å². The highest BCUT2D eigenvalue weighted by molar-refractivity contribution is 5.76. The van der Waals surface area contributed by atoms with Gasteiger partial charge < -0.3 is 9.42 Å². The maximum atomic E-state index is 12.4. The van der Waals surface area contributed by atoms with Gasteiger partial charge in [0.2, 0.25) is 17.6 Å². The van der Waals surface area contributed by atoms with Crippen molar-refractivity contribution in [2.24, 2.45) is 11.3 Å². The number of carbonyl (C=O) groups excluding carboxylic acids is 1. The third-order valence-corrected chi connectivity index (χ3v) is 4.72. The molecule has 1 amide bonds. The molecule has 0 atom stereocenters. The molecule has 0 aliphatic carbocycles. The molecule has 2 aromatic heterocycles. The summed E-state index contributed by atoms with van der Waals surface area (Å²) in [6.07, 6.45) is 4.37. The molecule has 3 heterocycles. The standard InChI is InChI=1S/C16H24N6O2/c1-16(2,3)11-6-8-22(9-7-11)13(23)5-4-12-19-15(21-24-12)14-17-10-18-20-14/h10-11H,4-9H2,1-3H3,(H,17,18,20). The first-order valence-corrected chi connectivity index (χ1v) is 8.39.